The fraction of sp³-hybridized carbons (Fsp3) is 0.588. The minimum absolute atomic E-state index is 0.0585. The van der Waals surface area contributed by atoms with Crippen molar-refractivity contribution >= 4 is 41.7 Å². The van der Waals surface area contributed by atoms with Crippen LogP contribution < -0.4 is 11.1 Å². The van der Waals surface area contributed by atoms with Gasteiger partial charge in [-0.05, 0) is 64.8 Å². The van der Waals surface area contributed by atoms with E-state index in [9.17, 15) is 33.9 Å². The number of esters is 5. The molecule has 0 spiro atoms. The first-order chi connectivity index (χ1) is 32.8. The molecule has 1 unspecified atom stereocenters. The zero-order valence-corrected chi connectivity index (χ0v) is 41.8. The summed E-state index contributed by atoms with van der Waals surface area (Å²) >= 11 is 0. The van der Waals surface area contributed by atoms with Gasteiger partial charge in [-0.25, -0.2) is 19.2 Å². The number of alkyl carbamates (subject to hydrolysis) is 1. The van der Waals surface area contributed by atoms with Gasteiger partial charge in [0.15, 0.2) is 18.0 Å². The summed E-state index contributed by atoms with van der Waals surface area (Å²) in [5, 5.41) is 16.4. The number of nitrogens with two attached hydrogens (primary N) is 1. The smallest absolute Gasteiger partial charge is 0.408 e. The molecule has 19 nitrogen and oxygen atoms in total. The predicted octanol–water partition coefficient (Wildman–Crippen LogP) is 4.65. The topological polar surface area (TPSA) is 261 Å². The molecule has 0 aromatic heterocycles. The molecule has 2 aromatic carbocycles. The van der Waals surface area contributed by atoms with E-state index in [1.807, 2.05) is 0 Å². The van der Waals surface area contributed by atoms with Gasteiger partial charge in [0.25, 0.3) is 0 Å². The van der Waals surface area contributed by atoms with Gasteiger partial charge in [-0.15, -0.1) is 0 Å². The molecule has 70 heavy (non-hydrogen) atoms. The van der Waals surface area contributed by atoms with Crippen molar-refractivity contribution in [3.63, 3.8) is 0 Å². The van der Waals surface area contributed by atoms with Gasteiger partial charge in [0.05, 0.1) is 36.0 Å². The van der Waals surface area contributed by atoms with Crippen LogP contribution in [-0.2, 0) is 66.6 Å². The second-order valence-electron chi connectivity index (χ2n) is 19.8. The van der Waals surface area contributed by atoms with Crippen molar-refractivity contribution in [1.29, 1.82) is 0 Å². The molecule has 1 heterocycles. The van der Waals surface area contributed by atoms with Crippen LogP contribution in [0.2, 0.25) is 0 Å². The van der Waals surface area contributed by atoms with Crippen LogP contribution in [0, 0.1) is 16.7 Å². The van der Waals surface area contributed by atoms with Gasteiger partial charge in [0.2, 0.25) is 6.10 Å². The maximum atomic E-state index is 15.0. The monoisotopic (exact) mass is 980 g/mol. The van der Waals surface area contributed by atoms with Crippen molar-refractivity contribution in [2.45, 2.75) is 141 Å². The molecule has 4 N–H and O–H groups in total. The third-order valence-electron chi connectivity index (χ3n) is 13.5. The van der Waals surface area contributed by atoms with Crippen LogP contribution in [0.25, 0.3) is 0 Å². The highest BCUT2D eigenvalue weighted by Gasteiger charge is 2.76. The van der Waals surface area contributed by atoms with Crippen LogP contribution in [0.1, 0.15) is 104 Å². The van der Waals surface area contributed by atoms with Crippen LogP contribution in [0.4, 0.5) is 4.79 Å². The molecule has 5 rings (SSSR count). The van der Waals surface area contributed by atoms with E-state index in [-0.39, 0.29) is 37.1 Å². The number of ketones is 1. The summed E-state index contributed by atoms with van der Waals surface area (Å²) in [4.78, 5) is 96.8. The summed E-state index contributed by atoms with van der Waals surface area (Å²) in [6.45, 7) is 12.9. The Morgan fingerprint density at radius 2 is 1.56 bits per heavy atom. The average Bonchev–Trinajstić information content (AvgIpc) is 3.29. The number of amides is 1. The third kappa shape index (κ3) is 11.7. The maximum absolute atomic E-state index is 15.0. The number of ether oxygens (including phenoxy) is 9. The average molecular weight is 981 g/mol. The number of nitrogens with one attached hydrogen (secondary N) is 1. The van der Waals surface area contributed by atoms with E-state index in [1.165, 1.54) is 33.3 Å². The highest BCUT2D eigenvalue weighted by atomic mass is 16.6. The first-order valence-corrected chi connectivity index (χ1v) is 23.2. The molecule has 2 aliphatic carbocycles. The van der Waals surface area contributed by atoms with Crippen molar-refractivity contribution in [3.8, 4) is 0 Å². The Morgan fingerprint density at radius 3 is 2.10 bits per heavy atom. The summed E-state index contributed by atoms with van der Waals surface area (Å²) in [6, 6.07) is 14.5. The van der Waals surface area contributed by atoms with E-state index in [4.69, 9.17) is 48.4 Å². The molecule has 19 heteroatoms. The van der Waals surface area contributed by atoms with Gasteiger partial charge >= 0.3 is 35.9 Å². The Balaban J connectivity index is 1.69. The number of aliphatic hydroxyl groups is 1. The minimum atomic E-state index is -2.33. The highest BCUT2D eigenvalue weighted by molar-refractivity contribution is 5.91. The van der Waals surface area contributed by atoms with Crippen LogP contribution in [0.3, 0.4) is 0 Å². The molecular weight excluding hydrogens is 913 g/mol. The number of hydrogen-bond donors (Lipinski definition) is 3. The fourth-order valence-corrected chi connectivity index (χ4v) is 9.97. The van der Waals surface area contributed by atoms with E-state index in [2.05, 4.69) is 5.32 Å². The van der Waals surface area contributed by atoms with E-state index in [0.29, 0.717) is 5.57 Å². The van der Waals surface area contributed by atoms with E-state index >= 15 is 4.79 Å². The molecule has 2 aromatic rings. The van der Waals surface area contributed by atoms with Crippen molar-refractivity contribution in [1.82, 2.24) is 5.32 Å². The number of hydrogen-bond acceptors (Lipinski definition) is 18. The zero-order valence-electron chi connectivity index (χ0n) is 41.8. The van der Waals surface area contributed by atoms with Gasteiger partial charge in [-0.2, -0.15) is 0 Å². The first-order valence-electron chi connectivity index (χ1n) is 23.2. The second kappa shape index (κ2) is 22.1. The lowest BCUT2D eigenvalue weighted by Gasteiger charge is -2.66. The summed E-state index contributed by atoms with van der Waals surface area (Å²) in [5.74, 6) is -6.81. The van der Waals surface area contributed by atoms with Gasteiger partial charge in [0, 0.05) is 45.9 Å². The van der Waals surface area contributed by atoms with Crippen LogP contribution in [0.15, 0.2) is 72.3 Å². The first kappa shape index (κ1) is 55.2. The van der Waals surface area contributed by atoms with Gasteiger partial charge in [-0.1, -0.05) is 68.5 Å². The van der Waals surface area contributed by atoms with E-state index in [0.717, 1.165) is 0 Å². The zero-order chi connectivity index (χ0) is 52.0. The summed E-state index contributed by atoms with van der Waals surface area (Å²) < 4.78 is 53.0. The Labute approximate surface area is 408 Å². The third-order valence-corrected chi connectivity index (χ3v) is 13.5. The van der Waals surface area contributed by atoms with Crippen molar-refractivity contribution in [3.05, 3.63) is 83.4 Å². The maximum Gasteiger partial charge on any atom is 0.408 e. The number of fused-ring (bicyclic) bond motifs is 1. The molecule has 0 bridgehead atoms. The normalized spacial score (nSPS) is 27.5. The molecule has 384 valence electrons. The minimum Gasteiger partial charge on any atom is -0.455 e. The second-order valence-corrected chi connectivity index (χ2v) is 19.8. The highest BCUT2D eigenvalue weighted by Crippen LogP contribution is 2.61. The molecule has 1 saturated carbocycles. The van der Waals surface area contributed by atoms with E-state index in [1.54, 1.807) is 110 Å². The lowest BCUT2D eigenvalue weighted by atomic mass is 9.48. The largest absolute Gasteiger partial charge is 0.455 e. The van der Waals surface area contributed by atoms with Crippen LogP contribution in [-0.4, -0.2) is 134 Å². The van der Waals surface area contributed by atoms with Crippen molar-refractivity contribution in [2.75, 3.05) is 34.0 Å². The molecule has 3 aliphatic rings. The van der Waals surface area contributed by atoms with Gasteiger partial charge in [0.1, 0.15) is 41.7 Å². The SMILES string of the molecule is CO[C@H]1CC2OC[C@@]2(OC(C)=O)[C@@H]([C@H](OC(=O)c2ccccc2)[C@]2(O)C[C@H](OC(=O)[C@H](OC(=O)COC(=O)CCN)[C@@H](NC(=O)OC(C)(C)C)c3ccccc3)C(C)=CC2(C)C)[C@]1(C)C(=O)[C@@H](C)OC. The molecule has 11 atom stereocenters. The van der Waals surface area contributed by atoms with Crippen molar-refractivity contribution < 1.29 is 81.3 Å². The summed E-state index contributed by atoms with van der Waals surface area (Å²) in [5.41, 5.74) is -1.95. The molecule has 1 amide bonds. The Hall–Kier alpha value is -5.73. The fourth-order valence-electron chi connectivity index (χ4n) is 9.97. The number of rotatable bonds is 19. The van der Waals surface area contributed by atoms with E-state index < -0.39 is 131 Å². The van der Waals surface area contributed by atoms with Gasteiger partial charge < -0.3 is 58.8 Å². The molecule has 1 aliphatic heterocycles. The quantitative estimate of drug-likeness (QED) is 0.0983. The van der Waals surface area contributed by atoms with Crippen molar-refractivity contribution in [2.24, 2.45) is 22.5 Å². The lowest BCUT2D eigenvalue weighted by molar-refractivity contribution is -0.345. The number of carbonyl (C=O) groups excluding carboxylic acids is 7. The summed E-state index contributed by atoms with van der Waals surface area (Å²) in [6.07, 6.45) is -8.17. The van der Waals surface area contributed by atoms with Crippen LogP contribution >= 0.6 is 0 Å². The standard InChI is InChI=1S/C51H68N2O17/c1-29-25-48(7,8)51(61,26-34(29)66-45(59)40(67-38(56)27-64-37(55)22-23-52)39(32-18-14-12-15-19-32)53-46(60)70-47(4,5)6)43(68-44(58)33-20-16-13-17-21-33)41-49(9,42(57)30(2)62-10)35(63-11)24-36-50(41,28-65-36)69-31(3)54/h12-21,25,30,34-36,39-41,43,61H,22-24,26-28,52H2,1-11H3,(H,53,60)/t30-,34+,35+,36?,39+,40-,41+,43+,49-,50+,51-/m1/s1. The number of benzene rings is 2. The predicted molar refractivity (Wildman–Crippen MR) is 248 cm³/mol. The number of methoxy groups -OCH3 is 2. The molecule has 2 fully saturated rings. The number of carbonyl (C=O) groups is 7. The van der Waals surface area contributed by atoms with Gasteiger partial charge in [-0.3, -0.25) is 14.4 Å². The summed E-state index contributed by atoms with van der Waals surface area (Å²) in [7, 11) is 2.76. The molecular formula is C51H68N2O17. The van der Waals surface area contributed by atoms with Crippen LogP contribution in [0.5, 0.6) is 0 Å². The lowest BCUT2D eigenvalue weighted by Crippen LogP contribution is -2.80. The number of Topliss-reactive ketones (excluding diaryl/α,β-unsaturated/α-hetero) is 1. The molecule has 1 saturated heterocycles. The Bertz CT molecular complexity index is 2260. The Morgan fingerprint density at radius 1 is 0.929 bits per heavy atom. The Kier molecular flexibility index (Phi) is 17.5. The molecule has 0 radical (unpaired) electrons.